The molecular weight excluding hydrogens is 446 g/mol. The van der Waals surface area contributed by atoms with E-state index in [9.17, 15) is 4.79 Å². The van der Waals surface area contributed by atoms with E-state index in [4.69, 9.17) is 0 Å². The van der Waals surface area contributed by atoms with Crippen LogP contribution in [0.5, 0.6) is 0 Å². The average molecular weight is 461 g/mol. The Morgan fingerprint density at radius 1 is 1.08 bits per heavy atom. The van der Waals surface area contributed by atoms with E-state index in [2.05, 4.69) is 54.0 Å². The van der Waals surface area contributed by atoms with Gasteiger partial charge in [0.25, 0.3) is 5.91 Å². The van der Waals surface area contributed by atoms with Crippen molar-refractivity contribution in [3.63, 3.8) is 0 Å². The molecule has 1 saturated heterocycles. The molecule has 0 radical (unpaired) electrons. The summed E-state index contributed by atoms with van der Waals surface area (Å²) >= 11 is 6.93. The molecule has 1 unspecified atom stereocenters. The first kappa shape index (κ1) is 16.7. The van der Waals surface area contributed by atoms with Gasteiger partial charge in [-0.3, -0.25) is 9.78 Å². The molecule has 0 N–H and O–H groups in total. The number of rotatable bonds is 2. The zero-order valence-corrected chi connectivity index (χ0v) is 16.5. The third-order valence-electron chi connectivity index (χ3n) is 4.54. The maximum atomic E-state index is 13.1. The first-order valence-electron chi connectivity index (χ1n) is 8.10. The molecule has 1 atom stereocenters. The lowest BCUT2D eigenvalue weighted by Crippen LogP contribution is -2.31. The van der Waals surface area contributed by atoms with Crippen molar-refractivity contribution in [3.8, 4) is 0 Å². The molecule has 0 saturated carbocycles. The summed E-state index contributed by atoms with van der Waals surface area (Å²) in [5, 5.41) is 0.914. The highest BCUT2D eigenvalue weighted by atomic mass is 79.9. The minimum Gasteiger partial charge on any atom is -0.330 e. The molecule has 1 aliphatic heterocycles. The molecule has 1 aromatic carbocycles. The summed E-state index contributed by atoms with van der Waals surface area (Å²) in [4.78, 5) is 23.7. The van der Waals surface area contributed by atoms with Crippen LogP contribution >= 0.6 is 31.9 Å². The van der Waals surface area contributed by atoms with E-state index in [0.717, 1.165) is 39.2 Å². The van der Waals surface area contributed by atoms with E-state index in [1.165, 1.54) is 5.56 Å². The van der Waals surface area contributed by atoms with Gasteiger partial charge in [-0.1, -0.05) is 28.1 Å². The number of benzene rings is 1. The molecular formula is C19H15Br2N3O. The Kier molecular flexibility index (Phi) is 4.56. The highest BCUT2D eigenvalue weighted by Crippen LogP contribution is 2.33. The van der Waals surface area contributed by atoms with Crippen LogP contribution in [-0.2, 0) is 0 Å². The fourth-order valence-electron chi connectivity index (χ4n) is 3.32. The van der Waals surface area contributed by atoms with Gasteiger partial charge in [-0.25, -0.2) is 4.98 Å². The number of amides is 1. The molecule has 3 aromatic rings. The first-order chi connectivity index (χ1) is 12.1. The van der Waals surface area contributed by atoms with E-state index in [1.807, 2.05) is 23.1 Å². The second kappa shape index (κ2) is 6.84. The number of aromatic nitrogens is 2. The lowest BCUT2D eigenvalue weighted by atomic mass is 10.0. The summed E-state index contributed by atoms with van der Waals surface area (Å²) in [7, 11) is 0. The van der Waals surface area contributed by atoms with Crippen LogP contribution in [0.3, 0.4) is 0 Å². The third-order valence-corrected chi connectivity index (χ3v) is 5.65. The van der Waals surface area contributed by atoms with Crippen molar-refractivity contribution in [1.29, 1.82) is 0 Å². The molecule has 1 aliphatic rings. The summed E-state index contributed by atoms with van der Waals surface area (Å²) in [6, 6.07) is 12.0. The van der Waals surface area contributed by atoms with Crippen LogP contribution < -0.4 is 0 Å². The standard InChI is InChI=1S/C19H15Br2N3O/c20-14-6-3-12(4-7-14)17-2-1-9-24(17)19(25)16-8-5-13-10-22-11-15(21)18(13)23-16/h3-8,10-11,17H,1-2,9H2. The molecule has 2 aromatic heterocycles. The molecule has 0 bridgehead atoms. The van der Waals surface area contributed by atoms with Crippen LogP contribution in [0, 0.1) is 0 Å². The Hall–Kier alpha value is -1.79. The van der Waals surface area contributed by atoms with Gasteiger partial charge < -0.3 is 4.90 Å². The van der Waals surface area contributed by atoms with Gasteiger partial charge in [0.2, 0.25) is 0 Å². The molecule has 4 rings (SSSR count). The van der Waals surface area contributed by atoms with E-state index in [0.29, 0.717) is 5.69 Å². The predicted octanol–water partition coefficient (Wildman–Crippen LogP) is 5.13. The molecule has 0 spiro atoms. The normalized spacial score (nSPS) is 17.2. The van der Waals surface area contributed by atoms with Crippen molar-refractivity contribution in [3.05, 3.63) is 69.0 Å². The molecule has 0 aliphatic carbocycles. The van der Waals surface area contributed by atoms with Crippen LogP contribution in [0.4, 0.5) is 0 Å². The van der Waals surface area contributed by atoms with Crippen LogP contribution in [0.2, 0.25) is 0 Å². The maximum Gasteiger partial charge on any atom is 0.272 e. The Labute approximate surface area is 162 Å². The number of pyridine rings is 2. The summed E-state index contributed by atoms with van der Waals surface area (Å²) in [6.45, 7) is 0.761. The molecule has 126 valence electrons. The number of hydrogen-bond donors (Lipinski definition) is 0. The molecule has 6 heteroatoms. The van der Waals surface area contributed by atoms with Crippen LogP contribution in [0.1, 0.15) is 34.9 Å². The van der Waals surface area contributed by atoms with Crippen molar-refractivity contribution in [2.45, 2.75) is 18.9 Å². The topological polar surface area (TPSA) is 46.1 Å². The van der Waals surface area contributed by atoms with Gasteiger partial charge in [-0.05, 0) is 58.6 Å². The quantitative estimate of drug-likeness (QED) is 0.532. The van der Waals surface area contributed by atoms with Gasteiger partial charge >= 0.3 is 0 Å². The number of nitrogens with zero attached hydrogens (tertiary/aromatic N) is 3. The number of fused-ring (bicyclic) bond motifs is 1. The second-order valence-corrected chi connectivity index (χ2v) is 7.87. The summed E-state index contributed by atoms with van der Waals surface area (Å²) < 4.78 is 1.84. The second-order valence-electron chi connectivity index (χ2n) is 6.10. The number of carbonyl (C=O) groups excluding carboxylic acids is 1. The maximum absolute atomic E-state index is 13.1. The van der Waals surface area contributed by atoms with Crippen molar-refractivity contribution < 1.29 is 4.79 Å². The Bertz CT molecular complexity index is 943. The molecule has 4 nitrogen and oxygen atoms in total. The lowest BCUT2D eigenvalue weighted by Gasteiger charge is -2.25. The fraction of sp³-hybridized carbons (Fsp3) is 0.211. The summed E-state index contributed by atoms with van der Waals surface area (Å²) in [5.41, 5.74) is 2.41. The highest BCUT2D eigenvalue weighted by molar-refractivity contribution is 9.11. The number of halogens is 2. The van der Waals surface area contributed by atoms with E-state index >= 15 is 0 Å². The van der Waals surface area contributed by atoms with Gasteiger partial charge in [0.1, 0.15) is 5.69 Å². The minimum atomic E-state index is -0.0176. The van der Waals surface area contributed by atoms with Crippen LogP contribution in [0.25, 0.3) is 10.9 Å². The van der Waals surface area contributed by atoms with Crippen LogP contribution in [-0.4, -0.2) is 27.3 Å². The zero-order chi connectivity index (χ0) is 17.4. The predicted molar refractivity (Wildman–Crippen MR) is 104 cm³/mol. The van der Waals surface area contributed by atoms with Crippen molar-refractivity contribution in [1.82, 2.24) is 14.9 Å². The first-order valence-corrected chi connectivity index (χ1v) is 9.69. The van der Waals surface area contributed by atoms with Crippen molar-refractivity contribution in [2.75, 3.05) is 6.54 Å². The Morgan fingerprint density at radius 3 is 2.68 bits per heavy atom. The average Bonchev–Trinajstić information content (AvgIpc) is 3.11. The molecule has 1 fully saturated rings. The van der Waals surface area contributed by atoms with E-state index in [1.54, 1.807) is 18.5 Å². The zero-order valence-electron chi connectivity index (χ0n) is 13.3. The Morgan fingerprint density at radius 2 is 1.88 bits per heavy atom. The highest BCUT2D eigenvalue weighted by Gasteiger charge is 2.31. The molecule has 1 amide bonds. The monoisotopic (exact) mass is 459 g/mol. The summed E-state index contributed by atoms with van der Waals surface area (Å²) in [6.07, 6.45) is 5.44. The SMILES string of the molecule is O=C(c1ccc2cncc(Br)c2n1)N1CCCC1c1ccc(Br)cc1. The van der Waals surface area contributed by atoms with E-state index < -0.39 is 0 Å². The van der Waals surface area contributed by atoms with Crippen molar-refractivity contribution in [2.24, 2.45) is 0 Å². The van der Waals surface area contributed by atoms with Gasteiger partial charge in [-0.15, -0.1) is 0 Å². The number of carbonyl (C=O) groups is 1. The lowest BCUT2D eigenvalue weighted by molar-refractivity contribution is 0.0730. The summed E-state index contributed by atoms with van der Waals surface area (Å²) in [5.74, 6) is -0.0176. The smallest absolute Gasteiger partial charge is 0.272 e. The number of hydrogen-bond acceptors (Lipinski definition) is 3. The fourth-order valence-corrected chi connectivity index (χ4v) is 4.02. The molecule has 25 heavy (non-hydrogen) atoms. The molecule has 3 heterocycles. The van der Waals surface area contributed by atoms with Gasteiger partial charge in [0.15, 0.2) is 0 Å². The Balaban J connectivity index is 1.67. The minimum absolute atomic E-state index is 0.0176. The third kappa shape index (κ3) is 3.20. The van der Waals surface area contributed by atoms with Crippen LogP contribution in [0.15, 0.2) is 57.7 Å². The van der Waals surface area contributed by atoms with Gasteiger partial charge in [-0.2, -0.15) is 0 Å². The van der Waals surface area contributed by atoms with Crippen molar-refractivity contribution >= 4 is 48.7 Å². The van der Waals surface area contributed by atoms with E-state index in [-0.39, 0.29) is 11.9 Å². The number of likely N-dealkylation sites (tertiary alicyclic amines) is 1. The van der Waals surface area contributed by atoms with Gasteiger partial charge in [0, 0.05) is 28.8 Å². The van der Waals surface area contributed by atoms with Gasteiger partial charge in [0.05, 0.1) is 16.0 Å². The largest absolute Gasteiger partial charge is 0.330 e.